The van der Waals surface area contributed by atoms with Gasteiger partial charge in [0, 0.05) is 23.1 Å². The van der Waals surface area contributed by atoms with Crippen LogP contribution in [0.15, 0.2) is 41.3 Å². The van der Waals surface area contributed by atoms with Crippen LogP contribution in [0.4, 0.5) is 11.4 Å². The van der Waals surface area contributed by atoms with Crippen molar-refractivity contribution in [2.45, 2.75) is 0 Å². The number of hydrogen-bond donors (Lipinski definition) is 1. The molecule has 3 rings (SSSR count). The Morgan fingerprint density at radius 1 is 1.28 bits per heavy atom. The standard InChI is InChI=1S/C12H10BrN5/c1-18-7-9(5-15-18)16-12-6-14-17-11-3-2-8(13)4-10(11)12/h2-7H,1H3,(H,16,17). The number of nitrogens with one attached hydrogen (secondary N) is 1. The lowest BCUT2D eigenvalue weighted by Crippen LogP contribution is -1.93. The topological polar surface area (TPSA) is 55.6 Å². The van der Waals surface area contributed by atoms with E-state index in [-0.39, 0.29) is 0 Å². The SMILES string of the molecule is Cn1cc(Nc2cnnc3ccc(Br)cc23)cn1. The Balaban J connectivity index is 2.08. The highest BCUT2D eigenvalue weighted by atomic mass is 79.9. The molecule has 1 N–H and O–H groups in total. The fraction of sp³-hybridized carbons (Fsp3) is 0.0833. The molecule has 90 valence electrons. The number of aromatic nitrogens is 4. The minimum Gasteiger partial charge on any atom is -0.351 e. The summed E-state index contributed by atoms with van der Waals surface area (Å²) in [5.74, 6) is 0. The van der Waals surface area contributed by atoms with Crippen LogP contribution in [0.25, 0.3) is 10.9 Å². The Morgan fingerprint density at radius 3 is 2.94 bits per heavy atom. The first-order valence-electron chi connectivity index (χ1n) is 5.39. The summed E-state index contributed by atoms with van der Waals surface area (Å²) in [6, 6.07) is 5.90. The molecule has 18 heavy (non-hydrogen) atoms. The van der Waals surface area contributed by atoms with Crippen molar-refractivity contribution < 1.29 is 0 Å². The van der Waals surface area contributed by atoms with E-state index in [9.17, 15) is 0 Å². The molecule has 0 bridgehead atoms. The van der Waals surface area contributed by atoms with Crippen LogP contribution in [0.5, 0.6) is 0 Å². The van der Waals surface area contributed by atoms with Gasteiger partial charge in [-0.05, 0) is 18.2 Å². The summed E-state index contributed by atoms with van der Waals surface area (Å²) in [5, 5.41) is 16.5. The maximum atomic E-state index is 4.12. The number of anilines is 2. The highest BCUT2D eigenvalue weighted by molar-refractivity contribution is 9.10. The van der Waals surface area contributed by atoms with Crippen LogP contribution in [0.1, 0.15) is 0 Å². The first kappa shape index (κ1) is 11.2. The van der Waals surface area contributed by atoms with Crippen molar-refractivity contribution in [3.05, 3.63) is 41.3 Å². The number of hydrogen-bond acceptors (Lipinski definition) is 4. The molecule has 0 saturated heterocycles. The van der Waals surface area contributed by atoms with E-state index >= 15 is 0 Å². The maximum Gasteiger partial charge on any atom is 0.0951 e. The molecule has 1 aromatic carbocycles. The lowest BCUT2D eigenvalue weighted by Gasteiger charge is -2.06. The Labute approximate surface area is 112 Å². The van der Waals surface area contributed by atoms with Crippen molar-refractivity contribution in [3.63, 3.8) is 0 Å². The van der Waals surface area contributed by atoms with Crippen LogP contribution >= 0.6 is 15.9 Å². The van der Waals surface area contributed by atoms with Gasteiger partial charge in [-0.3, -0.25) is 4.68 Å². The first-order valence-corrected chi connectivity index (χ1v) is 6.18. The zero-order valence-electron chi connectivity index (χ0n) is 9.63. The number of rotatable bonds is 2. The fourth-order valence-corrected chi connectivity index (χ4v) is 2.13. The molecule has 0 fully saturated rings. The third-order valence-corrected chi connectivity index (χ3v) is 3.08. The molecule has 5 nitrogen and oxygen atoms in total. The molecular weight excluding hydrogens is 294 g/mol. The third kappa shape index (κ3) is 2.06. The quantitative estimate of drug-likeness (QED) is 0.791. The van der Waals surface area contributed by atoms with E-state index in [0.717, 1.165) is 26.8 Å². The van der Waals surface area contributed by atoms with Crippen LogP contribution < -0.4 is 5.32 Å². The molecule has 0 amide bonds. The molecule has 0 aliphatic rings. The molecule has 0 atom stereocenters. The van der Waals surface area contributed by atoms with Crippen molar-refractivity contribution in [2.24, 2.45) is 7.05 Å². The highest BCUT2D eigenvalue weighted by Crippen LogP contribution is 2.26. The first-order chi connectivity index (χ1) is 8.72. The average Bonchev–Trinajstić information content (AvgIpc) is 2.76. The van der Waals surface area contributed by atoms with Gasteiger partial charge in [-0.1, -0.05) is 15.9 Å². The van der Waals surface area contributed by atoms with Crippen molar-refractivity contribution in [1.82, 2.24) is 20.0 Å². The van der Waals surface area contributed by atoms with Gasteiger partial charge in [0.2, 0.25) is 0 Å². The van der Waals surface area contributed by atoms with Crippen molar-refractivity contribution in [2.75, 3.05) is 5.32 Å². The molecule has 0 saturated carbocycles. The van der Waals surface area contributed by atoms with Crippen molar-refractivity contribution >= 4 is 38.2 Å². The van der Waals surface area contributed by atoms with Crippen molar-refractivity contribution in [1.29, 1.82) is 0 Å². The molecule has 2 aromatic heterocycles. The van der Waals surface area contributed by atoms with E-state index < -0.39 is 0 Å². The molecule has 0 unspecified atom stereocenters. The smallest absolute Gasteiger partial charge is 0.0951 e. The normalized spacial score (nSPS) is 10.8. The molecule has 0 aliphatic carbocycles. The van der Waals surface area contributed by atoms with Gasteiger partial charge >= 0.3 is 0 Å². The fourth-order valence-electron chi connectivity index (χ4n) is 1.77. The lowest BCUT2D eigenvalue weighted by molar-refractivity contribution is 0.768. The second kappa shape index (κ2) is 4.38. The highest BCUT2D eigenvalue weighted by Gasteiger charge is 2.05. The molecule has 2 heterocycles. The summed E-state index contributed by atoms with van der Waals surface area (Å²) in [6.45, 7) is 0. The van der Waals surface area contributed by atoms with E-state index in [1.807, 2.05) is 31.4 Å². The summed E-state index contributed by atoms with van der Waals surface area (Å²) < 4.78 is 2.76. The summed E-state index contributed by atoms with van der Waals surface area (Å²) in [6.07, 6.45) is 5.39. The van der Waals surface area contributed by atoms with Gasteiger partial charge in [-0.15, -0.1) is 0 Å². The van der Waals surface area contributed by atoms with Crippen LogP contribution in [-0.2, 0) is 7.05 Å². The van der Waals surface area contributed by atoms with E-state index in [1.165, 1.54) is 0 Å². The molecule has 3 aromatic rings. The van der Waals surface area contributed by atoms with Gasteiger partial charge in [-0.2, -0.15) is 15.3 Å². The number of halogens is 1. The van der Waals surface area contributed by atoms with Crippen LogP contribution in [-0.4, -0.2) is 20.0 Å². The van der Waals surface area contributed by atoms with Crippen LogP contribution in [0, 0.1) is 0 Å². The molecule has 0 spiro atoms. The van der Waals surface area contributed by atoms with E-state index in [1.54, 1.807) is 17.1 Å². The van der Waals surface area contributed by atoms with Crippen LogP contribution in [0.3, 0.4) is 0 Å². The van der Waals surface area contributed by atoms with Gasteiger partial charge in [-0.25, -0.2) is 0 Å². The lowest BCUT2D eigenvalue weighted by atomic mass is 10.2. The van der Waals surface area contributed by atoms with Gasteiger partial charge in [0.25, 0.3) is 0 Å². The van der Waals surface area contributed by atoms with Gasteiger partial charge < -0.3 is 5.32 Å². The minimum atomic E-state index is 0.854. The summed E-state index contributed by atoms with van der Waals surface area (Å²) in [4.78, 5) is 0. The number of nitrogens with zero attached hydrogens (tertiary/aromatic N) is 4. The van der Waals surface area contributed by atoms with E-state index in [2.05, 4.69) is 36.5 Å². The monoisotopic (exact) mass is 303 g/mol. The molecule has 6 heteroatoms. The molecular formula is C12H10BrN5. The number of aryl methyl sites for hydroxylation is 1. The summed E-state index contributed by atoms with van der Waals surface area (Å²) >= 11 is 3.46. The second-order valence-corrected chi connectivity index (χ2v) is 4.86. The molecule has 0 radical (unpaired) electrons. The molecule has 0 aliphatic heterocycles. The Hall–Kier alpha value is -1.95. The summed E-state index contributed by atoms with van der Waals surface area (Å²) in [7, 11) is 1.88. The van der Waals surface area contributed by atoms with E-state index in [4.69, 9.17) is 0 Å². The van der Waals surface area contributed by atoms with Gasteiger partial charge in [0.05, 0.1) is 29.3 Å². The van der Waals surface area contributed by atoms with Crippen LogP contribution in [0.2, 0.25) is 0 Å². The predicted octanol–water partition coefficient (Wildman–Crippen LogP) is 2.87. The third-order valence-electron chi connectivity index (χ3n) is 2.58. The maximum absolute atomic E-state index is 4.12. The Bertz CT molecular complexity index is 707. The second-order valence-electron chi connectivity index (χ2n) is 3.95. The van der Waals surface area contributed by atoms with Crippen molar-refractivity contribution in [3.8, 4) is 0 Å². The van der Waals surface area contributed by atoms with Gasteiger partial charge in [0.15, 0.2) is 0 Å². The zero-order chi connectivity index (χ0) is 12.5. The number of fused-ring (bicyclic) bond motifs is 1. The Morgan fingerprint density at radius 2 is 2.17 bits per heavy atom. The van der Waals surface area contributed by atoms with E-state index in [0.29, 0.717) is 0 Å². The number of benzene rings is 1. The minimum absolute atomic E-state index is 0.854. The Kier molecular flexibility index (Phi) is 2.71. The predicted molar refractivity (Wildman–Crippen MR) is 73.7 cm³/mol. The zero-order valence-corrected chi connectivity index (χ0v) is 11.2. The average molecular weight is 304 g/mol. The summed E-state index contributed by atoms with van der Waals surface area (Å²) in [5.41, 5.74) is 2.69. The van der Waals surface area contributed by atoms with Gasteiger partial charge in [0.1, 0.15) is 0 Å². The largest absolute Gasteiger partial charge is 0.351 e.